The summed E-state index contributed by atoms with van der Waals surface area (Å²) < 4.78 is 23.1. The van der Waals surface area contributed by atoms with Gasteiger partial charge in [-0.25, -0.2) is 4.21 Å². The summed E-state index contributed by atoms with van der Waals surface area (Å²) in [7, 11) is -3.91. The summed E-state index contributed by atoms with van der Waals surface area (Å²) in [5.74, 6) is 0. The van der Waals surface area contributed by atoms with Crippen molar-refractivity contribution in [3.8, 4) is 0 Å². The van der Waals surface area contributed by atoms with Crippen LogP contribution in [0, 0.1) is 0 Å². The molecule has 0 amide bonds. The fourth-order valence-electron chi connectivity index (χ4n) is 3.30. The van der Waals surface area contributed by atoms with Crippen LogP contribution >= 0.6 is 0 Å². The molecular weight excluding hydrogens is 382 g/mol. The smallest absolute Gasteiger partial charge is 0.261 e. The van der Waals surface area contributed by atoms with Crippen LogP contribution in [0.3, 0.4) is 0 Å². The highest BCUT2D eigenvalue weighted by Crippen LogP contribution is 2.37. The zero-order chi connectivity index (χ0) is 21.0. The third kappa shape index (κ3) is 5.07. The summed E-state index contributed by atoms with van der Waals surface area (Å²) in [4.78, 5) is 0. The summed E-state index contributed by atoms with van der Waals surface area (Å²) in [6, 6.07) is 21.0. The van der Waals surface area contributed by atoms with Gasteiger partial charge in [0.1, 0.15) is 11.0 Å². The molecule has 0 aliphatic carbocycles. The van der Waals surface area contributed by atoms with E-state index in [-0.39, 0.29) is 15.9 Å². The lowest BCUT2D eigenvalue weighted by Gasteiger charge is -2.44. The largest absolute Gasteiger partial charge is 0.400 e. The molecule has 2 atom stereocenters. The molecule has 28 heavy (non-hydrogen) atoms. The van der Waals surface area contributed by atoms with Crippen LogP contribution in [0.25, 0.3) is 0 Å². The van der Waals surface area contributed by atoms with E-state index in [0.29, 0.717) is 0 Å². The maximum Gasteiger partial charge on any atom is 0.261 e. The van der Waals surface area contributed by atoms with Crippen LogP contribution in [-0.4, -0.2) is 29.6 Å². The van der Waals surface area contributed by atoms with Crippen molar-refractivity contribution >= 4 is 35.9 Å². The highest BCUT2D eigenvalue weighted by atomic mass is 32.2. The van der Waals surface area contributed by atoms with Crippen molar-refractivity contribution in [1.29, 1.82) is 0 Å². The van der Waals surface area contributed by atoms with Gasteiger partial charge in [-0.15, -0.1) is 0 Å². The van der Waals surface area contributed by atoms with E-state index in [9.17, 15) is 4.21 Å². The minimum atomic E-state index is -2.62. The first kappa shape index (κ1) is 22.7. The van der Waals surface area contributed by atoms with Crippen LogP contribution < -0.4 is 10.4 Å². The van der Waals surface area contributed by atoms with Gasteiger partial charge in [0, 0.05) is 6.21 Å². The third-order valence-corrected chi connectivity index (χ3v) is 11.2. The average molecular weight is 416 g/mol. The molecule has 0 heterocycles. The number of rotatable bonds is 6. The summed E-state index contributed by atoms with van der Waals surface area (Å²) in [5, 5.41) is 2.36. The predicted octanol–water partition coefficient (Wildman–Crippen LogP) is 4.48. The van der Waals surface area contributed by atoms with E-state index in [1.165, 1.54) is 10.4 Å². The van der Waals surface area contributed by atoms with Gasteiger partial charge in [0.05, 0.1) is 10.9 Å². The van der Waals surface area contributed by atoms with Gasteiger partial charge in [-0.3, -0.25) is 0 Å². The fourth-order valence-corrected chi connectivity index (χ4v) is 8.53. The van der Waals surface area contributed by atoms with Gasteiger partial charge >= 0.3 is 0 Å². The predicted molar refractivity (Wildman–Crippen MR) is 125 cm³/mol. The van der Waals surface area contributed by atoms with Gasteiger partial charge in [0.2, 0.25) is 0 Å². The fraction of sp³-hybridized carbons (Fsp3) is 0.435. The molecule has 0 spiro atoms. The van der Waals surface area contributed by atoms with Crippen molar-refractivity contribution in [1.82, 2.24) is 0 Å². The minimum Gasteiger partial charge on any atom is -0.400 e. The summed E-state index contributed by atoms with van der Waals surface area (Å²) in [6.45, 7) is 14.5. The molecule has 0 aliphatic rings. The van der Waals surface area contributed by atoms with E-state index in [0.717, 1.165) is 0 Å². The zero-order valence-corrected chi connectivity index (χ0v) is 19.9. The second-order valence-electron chi connectivity index (χ2n) is 9.10. The Morgan fingerprint density at radius 1 is 0.893 bits per heavy atom. The van der Waals surface area contributed by atoms with Gasteiger partial charge < -0.3 is 4.43 Å². The Kier molecular flexibility index (Phi) is 7.18. The first-order chi connectivity index (χ1) is 13.0. The first-order valence-electron chi connectivity index (χ1n) is 9.73. The standard InChI is InChI=1S/C23H33NO2SSi/c1-19(18-24-27(25)22(2,3)4)26-28(23(5,6)7,20-14-10-8-11-15-20)21-16-12-9-13-17-21/h8-19H,1-7H3/b24-18+/t19-,27+/m0/s1. The summed E-state index contributed by atoms with van der Waals surface area (Å²) >= 11 is 0. The molecule has 152 valence electrons. The summed E-state index contributed by atoms with van der Waals surface area (Å²) in [5.41, 5.74) is 0. The maximum absolute atomic E-state index is 12.3. The van der Waals surface area contributed by atoms with Gasteiger partial charge in [0.15, 0.2) is 0 Å². The lowest BCUT2D eigenvalue weighted by Crippen LogP contribution is -2.67. The Morgan fingerprint density at radius 2 is 1.32 bits per heavy atom. The number of nitrogens with zero attached hydrogens (tertiary/aromatic N) is 1. The Labute approximate surface area is 174 Å². The van der Waals surface area contributed by atoms with E-state index >= 15 is 0 Å². The van der Waals surface area contributed by atoms with E-state index in [1.54, 1.807) is 6.21 Å². The van der Waals surface area contributed by atoms with Crippen LogP contribution in [-0.2, 0) is 15.4 Å². The SMILES string of the molecule is C[C@@H](/C=N/[S@](=O)C(C)(C)C)O[Si](c1ccccc1)(c1ccccc1)C(C)(C)C. The van der Waals surface area contributed by atoms with Crippen molar-refractivity contribution in [3.05, 3.63) is 60.7 Å². The molecule has 0 aromatic heterocycles. The highest BCUT2D eigenvalue weighted by Gasteiger charge is 2.50. The first-order valence-corrected chi connectivity index (χ1v) is 12.7. The van der Waals surface area contributed by atoms with Crippen molar-refractivity contribution in [2.75, 3.05) is 0 Å². The van der Waals surface area contributed by atoms with Crippen LogP contribution in [0.1, 0.15) is 48.5 Å². The lowest BCUT2D eigenvalue weighted by atomic mass is 10.2. The zero-order valence-electron chi connectivity index (χ0n) is 18.1. The number of hydrogen-bond donors (Lipinski definition) is 0. The molecule has 0 N–H and O–H groups in total. The molecule has 2 rings (SSSR count). The average Bonchev–Trinajstić information content (AvgIpc) is 2.63. The molecule has 0 aliphatic heterocycles. The van der Waals surface area contributed by atoms with Gasteiger partial charge in [0.25, 0.3) is 8.32 Å². The molecule has 0 bridgehead atoms. The molecule has 0 saturated carbocycles. The van der Waals surface area contributed by atoms with Crippen molar-refractivity contribution < 1.29 is 8.63 Å². The van der Waals surface area contributed by atoms with E-state index in [1.807, 2.05) is 39.8 Å². The Hall–Kier alpha value is -1.56. The van der Waals surface area contributed by atoms with E-state index < -0.39 is 19.3 Å². The van der Waals surface area contributed by atoms with Crippen LogP contribution in [0.15, 0.2) is 65.1 Å². The minimum absolute atomic E-state index is 0.0962. The molecule has 0 unspecified atom stereocenters. The molecule has 0 fully saturated rings. The monoisotopic (exact) mass is 415 g/mol. The Morgan fingerprint density at radius 3 is 1.68 bits per heavy atom. The topological polar surface area (TPSA) is 38.7 Å². The van der Waals surface area contributed by atoms with Crippen molar-refractivity contribution in [2.24, 2.45) is 4.40 Å². The molecule has 0 radical (unpaired) electrons. The molecule has 2 aromatic rings. The Balaban J connectivity index is 2.53. The maximum atomic E-state index is 12.3. The highest BCUT2D eigenvalue weighted by molar-refractivity contribution is 7.85. The Bertz CT molecular complexity index is 768. The second kappa shape index (κ2) is 8.85. The van der Waals surface area contributed by atoms with E-state index in [4.69, 9.17) is 4.43 Å². The van der Waals surface area contributed by atoms with Crippen LogP contribution in [0.2, 0.25) is 5.04 Å². The number of benzene rings is 2. The molecule has 3 nitrogen and oxygen atoms in total. The van der Waals surface area contributed by atoms with Gasteiger partial charge in [-0.2, -0.15) is 4.40 Å². The van der Waals surface area contributed by atoms with Crippen molar-refractivity contribution in [3.63, 3.8) is 0 Å². The summed E-state index contributed by atoms with van der Waals surface area (Å²) in [6.07, 6.45) is 1.46. The van der Waals surface area contributed by atoms with Crippen LogP contribution in [0.5, 0.6) is 0 Å². The number of hydrogen-bond acceptors (Lipinski definition) is 2. The van der Waals surface area contributed by atoms with Crippen molar-refractivity contribution in [2.45, 2.75) is 64.4 Å². The third-order valence-electron chi connectivity index (χ3n) is 4.67. The van der Waals surface area contributed by atoms with Crippen LogP contribution in [0.4, 0.5) is 0 Å². The lowest BCUT2D eigenvalue weighted by molar-refractivity contribution is 0.273. The molecular formula is C23H33NO2SSi. The normalized spacial score (nSPS) is 15.5. The van der Waals surface area contributed by atoms with E-state index in [2.05, 4.69) is 73.7 Å². The van der Waals surface area contributed by atoms with Gasteiger partial charge in [-0.1, -0.05) is 81.4 Å². The molecule has 2 aromatic carbocycles. The molecule has 5 heteroatoms. The van der Waals surface area contributed by atoms with Gasteiger partial charge in [-0.05, 0) is 43.1 Å². The second-order valence-corrected chi connectivity index (χ2v) is 15.3. The quantitative estimate of drug-likeness (QED) is 0.515. The molecule has 0 saturated heterocycles.